The van der Waals surface area contributed by atoms with Gasteiger partial charge in [0.05, 0.1) is 5.75 Å². The maximum atomic E-state index is 12.6. The van der Waals surface area contributed by atoms with Gasteiger partial charge < -0.3 is 4.90 Å². The maximum Gasteiger partial charge on any atom is 0.223 e. The van der Waals surface area contributed by atoms with Crippen LogP contribution in [-0.2, 0) is 14.6 Å². The summed E-state index contributed by atoms with van der Waals surface area (Å²) in [6.45, 7) is 1.56. The molecule has 1 aromatic rings. The highest BCUT2D eigenvalue weighted by Gasteiger charge is 2.47. The van der Waals surface area contributed by atoms with Gasteiger partial charge in [0.25, 0.3) is 0 Å². The van der Waals surface area contributed by atoms with E-state index in [2.05, 4.69) is 12.1 Å². The van der Waals surface area contributed by atoms with Crippen LogP contribution in [0.3, 0.4) is 0 Å². The van der Waals surface area contributed by atoms with Gasteiger partial charge in [-0.3, -0.25) is 4.79 Å². The van der Waals surface area contributed by atoms with Crippen LogP contribution in [0.1, 0.15) is 43.6 Å². The molecule has 1 saturated carbocycles. The van der Waals surface area contributed by atoms with E-state index in [0.29, 0.717) is 12.3 Å². The highest BCUT2D eigenvalue weighted by atomic mass is 32.2. The minimum Gasteiger partial charge on any atom is -0.342 e. The number of carbonyl (C=O) groups excluding carboxylic acids is 1. The van der Waals surface area contributed by atoms with E-state index in [9.17, 15) is 13.2 Å². The van der Waals surface area contributed by atoms with Crippen LogP contribution in [0.5, 0.6) is 0 Å². The third kappa shape index (κ3) is 4.34. The molecule has 1 saturated heterocycles. The topological polar surface area (TPSA) is 54.5 Å². The Kier molecular flexibility index (Phi) is 4.50. The van der Waals surface area contributed by atoms with Crippen molar-refractivity contribution in [1.82, 2.24) is 4.90 Å². The van der Waals surface area contributed by atoms with Crippen molar-refractivity contribution in [3.05, 3.63) is 35.9 Å². The molecule has 1 atom stereocenters. The van der Waals surface area contributed by atoms with Crippen LogP contribution < -0.4 is 0 Å². The highest BCUT2D eigenvalue weighted by Crippen LogP contribution is 2.50. The predicted molar refractivity (Wildman–Crippen MR) is 91.0 cm³/mol. The van der Waals surface area contributed by atoms with Gasteiger partial charge in [-0.05, 0) is 36.7 Å². The van der Waals surface area contributed by atoms with Gasteiger partial charge >= 0.3 is 0 Å². The van der Waals surface area contributed by atoms with E-state index in [0.717, 1.165) is 38.8 Å². The summed E-state index contributed by atoms with van der Waals surface area (Å²) in [6, 6.07) is 10.4. The van der Waals surface area contributed by atoms with E-state index in [1.165, 1.54) is 11.8 Å². The summed E-state index contributed by atoms with van der Waals surface area (Å²) < 4.78 is 23.1. The zero-order valence-electron chi connectivity index (χ0n) is 13.7. The van der Waals surface area contributed by atoms with E-state index in [-0.39, 0.29) is 17.1 Å². The summed E-state index contributed by atoms with van der Waals surface area (Å²) in [6.07, 6.45) is 5.52. The van der Waals surface area contributed by atoms with Gasteiger partial charge in [0, 0.05) is 31.7 Å². The molecule has 0 radical (unpaired) electrons. The summed E-state index contributed by atoms with van der Waals surface area (Å²) in [4.78, 5) is 14.6. The molecule has 2 aliphatic rings. The molecule has 1 aliphatic heterocycles. The first kappa shape index (κ1) is 16.5. The SMILES string of the molecule is CS(=O)(=O)CC1(CC(=O)N2CCCC(c3ccccc3)C2)CC1. The molecule has 0 N–H and O–H groups in total. The Labute approximate surface area is 138 Å². The average Bonchev–Trinajstić information content (AvgIpc) is 3.25. The van der Waals surface area contributed by atoms with Gasteiger partial charge in [0.15, 0.2) is 0 Å². The first-order valence-electron chi connectivity index (χ1n) is 8.37. The van der Waals surface area contributed by atoms with E-state index in [4.69, 9.17) is 0 Å². The van der Waals surface area contributed by atoms with E-state index in [1.54, 1.807) is 0 Å². The fourth-order valence-electron chi connectivity index (χ4n) is 3.74. The molecule has 1 amide bonds. The second kappa shape index (κ2) is 6.27. The van der Waals surface area contributed by atoms with Crippen molar-refractivity contribution in [2.24, 2.45) is 5.41 Å². The van der Waals surface area contributed by atoms with Gasteiger partial charge in [-0.25, -0.2) is 8.42 Å². The Hall–Kier alpha value is -1.36. The van der Waals surface area contributed by atoms with E-state index in [1.807, 2.05) is 23.1 Å². The van der Waals surface area contributed by atoms with Crippen LogP contribution >= 0.6 is 0 Å². The van der Waals surface area contributed by atoms with Crippen molar-refractivity contribution in [3.8, 4) is 0 Å². The van der Waals surface area contributed by atoms with Crippen molar-refractivity contribution >= 4 is 15.7 Å². The molecule has 23 heavy (non-hydrogen) atoms. The first-order chi connectivity index (χ1) is 10.9. The Bertz CT molecular complexity index is 665. The maximum absolute atomic E-state index is 12.6. The molecular formula is C18H25NO3S. The van der Waals surface area contributed by atoms with Crippen LogP contribution in [0.4, 0.5) is 0 Å². The molecular weight excluding hydrogens is 310 g/mol. The van der Waals surface area contributed by atoms with Gasteiger partial charge in [-0.1, -0.05) is 30.3 Å². The molecule has 5 heteroatoms. The lowest BCUT2D eigenvalue weighted by Gasteiger charge is -2.34. The van der Waals surface area contributed by atoms with Crippen LogP contribution in [0.15, 0.2) is 30.3 Å². The number of piperidine rings is 1. The number of nitrogens with zero attached hydrogens (tertiary/aromatic N) is 1. The number of benzene rings is 1. The molecule has 1 heterocycles. The zero-order valence-corrected chi connectivity index (χ0v) is 14.5. The Morgan fingerprint density at radius 2 is 1.96 bits per heavy atom. The summed E-state index contributed by atoms with van der Waals surface area (Å²) in [5, 5.41) is 0. The Morgan fingerprint density at radius 3 is 2.57 bits per heavy atom. The molecule has 0 bridgehead atoms. The first-order valence-corrected chi connectivity index (χ1v) is 10.4. The molecule has 0 aromatic heterocycles. The molecule has 1 aromatic carbocycles. The van der Waals surface area contributed by atoms with Crippen molar-refractivity contribution in [1.29, 1.82) is 0 Å². The quantitative estimate of drug-likeness (QED) is 0.831. The summed E-state index contributed by atoms with van der Waals surface area (Å²) >= 11 is 0. The second-order valence-electron chi connectivity index (χ2n) is 7.34. The molecule has 4 nitrogen and oxygen atoms in total. The fraction of sp³-hybridized carbons (Fsp3) is 0.611. The standard InChI is InChI=1S/C18H25NO3S/c1-23(21,22)14-18(9-10-18)12-17(20)19-11-5-8-16(13-19)15-6-3-2-4-7-15/h2-4,6-7,16H,5,8-14H2,1H3. The van der Waals surface area contributed by atoms with E-state index >= 15 is 0 Å². The van der Waals surface area contributed by atoms with Gasteiger partial charge in [-0.2, -0.15) is 0 Å². The number of carbonyl (C=O) groups is 1. The van der Waals surface area contributed by atoms with Gasteiger partial charge in [0.2, 0.25) is 5.91 Å². The lowest BCUT2D eigenvalue weighted by atomic mass is 9.90. The number of likely N-dealkylation sites (tertiary alicyclic amines) is 1. The normalized spacial score (nSPS) is 23.5. The fourth-order valence-corrected chi connectivity index (χ4v) is 5.24. The van der Waals surface area contributed by atoms with Crippen LogP contribution in [0.25, 0.3) is 0 Å². The number of sulfone groups is 1. The molecule has 1 aliphatic carbocycles. The highest BCUT2D eigenvalue weighted by molar-refractivity contribution is 7.90. The molecule has 3 rings (SSSR count). The predicted octanol–water partition coefficient (Wildman–Crippen LogP) is 2.61. The largest absolute Gasteiger partial charge is 0.342 e. The van der Waals surface area contributed by atoms with Crippen molar-refractivity contribution in [2.75, 3.05) is 25.1 Å². The van der Waals surface area contributed by atoms with Gasteiger partial charge in [-0.15, -0.1) is 0 Å². The minimum atomic E-state index is -3.02. The van der Waals surface area contributed by atoms with Crippen molar-refractivity contribution in [3.63, 3.8) is 0 Å². The Balaban J connectivity index is 1.62. The summed E-state index contributed by atoms with van der Waals surface area (Å²) in [7, 11) is -3.02. The molecule has 126 valence electrons. The van der Waals surface area contributed by atoms with Gasteiger partial charge in [0.1, 0.15) is 9.84 Å². The lowest BCUT2D eigenvalue weighted by molar-refractivity contribution is -0.133. The number of hydrogen-bond donors (Lipinski definition) is 0. The number of hydrogen-bond acceptors (Lipinski definition) is 3. The smallest absolute Gasteiger partial charge is 0.223 e. The molecule has 2 fully saturated rings. The Morgan fingerprint density at radius 1 is 1.26 bits per heavy atom. The monoisotopic (exact) mass is 335 g/mol. The summed E-state index contributed by atoms with van der Waals surface area (Å²) in [5.74, 6) is 0.688. The zero-order chi connectivity index (χ0) is 16.5. The molecule has 0 spiro atoms. The third-order valence-electron chi connectivity index (χ3n) is 5.10. The second-order valence-corrected chi connectivity index (χ2v) is 9.48. The summed E-state index contributed by atoms with van der Waals surface area (Å²) in [5.41, 5.74) is 1.02. The number of rotatable bonds is 5. The molecule has 1 unspecified atom stereocenters. The van der Waals surface area contributed by atoms with Crippen LogP contribution in [-0.4, -0.2) is 44.3 Å². The van der Waals surface area contributed by atoms with E-state index < -0.39 is 9.84 Å². The number of amides is 1. The van der Waals surface area contributed by atoms with Crippen LogP contribution in [0.2, 0.25) is 0 Å². The van der Waals surface area contributed by atoms with Crippen molar-refractivity contribution in [2.45, 2.75) is 38.0 Å². The lowest BCUT2D eigenvalue weighted by Crippen LogP contribution is -2.40. The van der Waals surface area contributed by atoms with Crippen molar-refractivity contribution < 1.29 is 13.2 Å². The minimum absolute atomic E-state index is 0.131. The third-order valence-corrected chi connectivity index (χ3v) is 6.23. The van der Waals surface area contributed by atoms with Crippen LogP contribution in [0, 0.1) is 5.41 Å². The average molecular weight is 335 g/mol.